The van der Waals surface area contributed by atoms with Crippen LogP contribution in [0, 0.1) is 0 Å². The molecule has 1 heterocycles. The molecule has 4 nitrogen and oxygen atoms in total. The van der Waals surface area contributed by atoms with Crippen molar-refractivity contribution in [3.63, 3.8) is 0 Å². The van der Waals surface area contributed by atoms with Crippen molar-refractivity contribution in [2.24, 2.45) is 0 Å². The molecule has 3 atom stereocenters. The Morgan fingerprint density at radius 2 is 1.32 bits per heavy atom. The first-order valence-electron chi connectivity index (χ1n) is 12.4. The zero-order valence-electron chi connectivity index (χ0n) is 22.9. The van der Waals surface area contributed by atoms with E-state index in [2.05, 4.69) is 80.7 Å². The lowest BCUT2D eigenvalue weighted by Gasteiger charge is -2.47. The maximum absolute atomic E-state index is 10.4. The summed E-state index contributed by atoms with van der Waals surface area (Å²) in [5.41, 5.74) is 0.967. The second-order valence-electron chi connectivity index (χ2n) is 12.7. The van der Waals surface area contributed by atoms with Gasteiger partial charge in [-0.25, -0.2) is 0 Å². The van der Waals surface area contributed by atoms with Crippen molar-refractivity contribution in [1.29, 1.82) is 0 Å². The minimum atomic E-state index is -2.08. The lowest BCUT2D eigenvalue weighted by Crippen LogP contribution is -2.55. The van der Waals surface area contributed by atoms with Gasteiger partial charge in [-0.15, -0.1) is 0 Å². The maximum Gasteiger partial charge on any atom is 0.193 e. The van der Waals surface area contributed by atoms with E-state index in [1.54, 1.807) is 6.07 Å². The van der Waals surface area contributed by atoms with Crippen LogP contribution in [0.1, 0.15) is 54.0 Å². The van der Waals surface area contributed by atoms with E-state index < -0.39 is 16.6 Å². The standard InChI is InChI=1S/C28H44O4Si2/c1-19-26(32-34(10,11)28(5,6)7)25(31-33(8,9)27(2,3)4)18-24(30-19)22-16-17-23(29)21-15-13-12-14-20(21)22/h12-19,25-26,29H,1-11H3/t19-,25-,26-/m0/s1. The van der Waals surface area contributed by atoms with Crippen LogP contribution in [-0.2, 0) is 13.6 Å². The number of phenols is 1. The fourth-order valence-electron chi connectivity index (χ4n) is 3.77. The highest BCUT2D eigenvalue weighted by Gasteiger charge is 2.47. The smallest absolute Gasteiger partial charge is 0.193 e. The molecule has 0 amide bonds. The number of fused-ring (bicyclic) bond motifs is 1. The van der Waals surface area contributed by atoms with Crippen LogP contribution < -0.4 is 0 Å². The first-order valence-corrected chi connectivity index (χ1v) is 18.2. The molecule has 0 radical (unpaired) electrons. The first kappa shape index (κ1) is 27.0. The van der Waals surface area contributed by atoms with Crippen LogP contribution in [-0.4, -0.2) is 40.1 Å². The summed E-state index contributed by atoms with van der Waals surface area (Å²) in [6.45, 7) is 24.8. The Morgan fingerprint density at radius 1 is 0.794 bits per heavy atom. The molecule has 0 spiro atoms. The molecule has 0 unspecified atom stereocenters. The number of hydrogen-bond donors (Lipinski definition) is 1. The van der Waals surface area contributed by atoms with Crippen LogP contribution in [0.2, 0.25) is 36.3 Å². The van der Waals surface area contributed by atoms with Crippen molar-refractivity contribution in [3.8, 4) is 5.75 Å². The van der Waals surface area contributed by atoms with Crippen molar-refractivity contribution in [2.45, 2.75) is 103 Å². The molecule has 0 aromatic heterocycles. The highest BCUT2D eigenvalue weighted by Crippen LogP contribution is 2.44. The lowest BCUT2D eigenvalue weighted by atomic mass is 9.98. The van der Waals surface area contributed by atoms with Crippen LogP contribution in [0.15, 0.2) is 42.5 Å². The quantitative estimate of drug-likeness (QED) is 0.421. The molecular formula is C28H44O4Si2. The maximum atomic E-state index is 10.4. The SMILES string of the molecule is C[C@@H]1OC(c2ccc(O)c3ccccc23)=C[C@H](O[Si](C)(C)C(C)(C)C)[C@H]1O[Si](C)(C)C(C)(C)C. The number of hydrogen-bond acceptors (Lipinski definition) is 4. The summed E-state index contributed by atoms with van der Waals surface area (Å²) in [6, 6.07) is 11.6. The summed E-state index contributed by atoms with van der Waals surface area (Å²) in [7, 11) is -4.14. The summed E-state index contributed by atoms with van der Waals surface area (Å²) in [6.07, 6.45) is 1.57. The van der Waals surface area contributed by atoms with Gasteiger partial charge in [-0.05, 0) is 66.8 Å². The second kappa shape index (κ2) is 9.12. The zero-order valence-corrected chi connectivity index (χ0v) is 24.9. The van der Waals surface area contributed by atoms with E-state index in [0.717, 1.165) is 22.1 Å². The average molecular weight is 501 g/mol. The van der Waals surface area contributed by atoms with Gasteiger partial charge in [0.15, 0.2) is 16.6 Å². The molecule has 3 rings (SSSR count). The number of phenolic OH excluding ortho intramolecular Hbond substituents is 1. The molecule has 0 bridgehead atoms. The van der Waals surface area contributed by atoms with Gasteiger partial charge in [0, 0.05) is 10.9 Å². The number of benzene rings is 2. The Morgan fingerprint density at radius 3 is 1.88 bits per heavy atom. The number of rotatable bonds is 5. The Kier molecular flexibility index (Phi) is 7.24. The van der Waals surface area contributed by atoms with E-state index >= 15 is 0 Å². The Labute approximate surface area is 208 Å². The van der Waals surface area contributed by atoms with E-state index in [0.29, 0.717) is 0 Å². The minimum Gasteiger partial charge on any atom is -0.507 e. The van der Waals surface area contributed by atoms with Crippen molar-refractivity contribution in [3.05, 3.63) is 48.0 Å². The molecule has 1 aliphatic heterocycles. The third kappa shape index (κ3) is 5.30. The third-order valence-electron chi connectivity index (χ3n) is 8.06. The number of aromatic hydroxyl groups is 1. The summed E-state index contributed by atoms with van der Waals surface area (Å²) in [4.78, 5) is 0. The van der Waals surface area contributed by atoms with Crippen LogP contribution >= 0.6 is 0 Å². The zero-order chi connectivity index (χ0) is 25.7. The van der Waals surface area contributed by atoms with E-state index in [1.807, 2.05) is 30.3 Å². The summed E-state index contributed by atoms with van der Waals surface area (Å²) in [5.74, 6) is 1.07. The van der Waals surface area contributed by atoms with Crippen molar-refractivity contribution in [1.82, 2.24) is 0 Å². The second-order valence-corrected chi connectivity index (χ2v) is 22.2. The molecule has 0 saturated carbocycles. The molecule has 6 heteroatoms. The molecule has 0 saturated heterocycles. The van der Waals surface area contributed by atoms with Gasteiger partial charge in [-0.1, -0.05) is 65.8 Å². The predicted molar refractivity (Wildman–Crippen MR) is 148 cm³/mol. The molecule has 1 aliphatic rings. The normalized spacial score (nSPS) is 22.4. The van der Waals surface area contributed by atoms with E-state index in [4.69, 9.17) is 13.6 Å². The topological polar surface area (TPSA) is 47.9 Å². The molecule has 2 aromatic rings. The summed E-state index contributed by atoms with van der Waals surface area (Å²) < 4.78 is 20.5. The van der Waals surface area contributed by atoms with Crippen LogP contribution in [0.5, 0.6) is 5.75 Å². The highest BCUT2D eigenvalue weighted by atomic mass is 28.4. The van der Waals surface area contributed by atoms with Gasteiger partial charge in [0.05, 0.1) is 6.10 Å². The molecule has 188 valence electrons. The van der Waals surface area contributed by atoms with Crippen molar-refractivity contribution >= 4 is 33.2 Å². The minimum absolute atomic E-state index is 0.0787. The van der Waals surface area contributed by atoms with Gasteiger partial charge in [-0.3, -0.25) is 0 Å². The van der Waals surface area contributed by atoms with Gasteiger partial charge in [-0.2, -0.15) is 0 Å². The Bertz CT molecular complexity index is 1060. The summed E-state index contributed by atoms with van der Waals surface area (Å²) >= 11 is 0. The van der Waals surface area contributed by atoms with Gasteiger partial charge in [0.25, 0.3) is 0 Å². The van der Waals surface area contributed by atoms with E-state index in [1.165, 1.54) is 0 Å². The Balaban J connectivity index is 2.11. The fourth-order valence-corrected chi connectivity index (χ4v) is 6.36. The van der Waals surface area contributed by atoms with Crippen LogP contribution in [0.4, 0.5) is 0 Å². The lowest BCUT2D eigenvalue weighted by molar-refractivity contribution is -0.0330. The highest BCUT2D eigenvalue weighted by molar-refractivity contribution is 6.74. The monoisotopic (exact) mass is 500 g/mol. The average Bonchev–Trinajstić information content (AvgIpc) is 2.69. The van der Waals surface area contributed by atoms with Gasteiger partial charge in [0.2, 0.25) is 0 Å². The van der Waals surface area contributed by atoms with Crippen molar-refractivity contribution in [2.75, 3.05) is 0 Å². The largest absolute Gasteiger partial charge is 0.507 e. The predicted octanol–water partition coefficient (Wildman–Crippen LogP) is 8.09. The molecule has 1 N–H and O–H groups in total. The van der Waals surface area contributed by atoms with Gasteiger partial charge >= 0.3 is 0 Å². The summed E-state index contributed by atoms with van der Waals surface area (Å²) in [5, 5.41) is 12.3. The fraction of sp³-hybridized carbons (Fsp3) is 0.571. The first-order chi connectivity index (χ1) is 15.4. The molecule has 2 aromatic carbocycles. The molecule has 0 aliphatic carbocycles. The van der Waals surface area contributed by atoms with Crippen LogP contribution in [0.3, 0.4) is 0 Å². The van der Waals surface area contributed by atoms with Gasteiger partial charge in [0.1, 0.15) is 23.7 Å². The molecular weight excluding hydrogens is 456 g/mol. The molecule has 0 fully saturated rings. The molecule has 34 heavy (non-hydrogen) atoms. The Hall–Kier alpha value is -1.61. The van der Waals surface area contributed by atoms with Crippen LogP contribution in [0.25, 0.3) is 16.5 Å². The van der Waals surface area contributed by atoms with Crippen molar-refractivity contribution < 1.29 is 18.7 Å². The van der Waals surface area contributed by atoms with E-state index in [-0.39, 0.29) is 34.1 Å². The third-order valence-corrected chi connectivity index (χ3v) is 17.0. The number of ether oxygens (including phenoxy) is 1. The van der Waals surface area contributed by atoms with E-state index in [9.17, 15) is 5.11 Å². The van der Waals surface area contributed by atoms with Gasteiger partial charge < -0.3 is 18.7 Å².